The lowest BCUT2D eigenvalue weighted by atomic mass is 10.1. The van der Waals surface area contributed by atoms with Crippen LogP contribution < -0.4 is 11.2 Å². The quantitative estimate of drug-likeness (QED) is 0.224. The van der Waals surface area contributed by atoms with E-state index in [9.17, 15) is 33.8 Å². The summed E-state index contributed by atoms with van der Waals surface area (Å²) in [4.78, 5) is 57.5. The molecule has 0 saturated carbocycles. The number of hydrogen-bond donors (Lipinski definition) is 7. The lowest BCUT2D eigenvalue weighted by Gasteiger charge is -2.17. The minimum atomic E-state index is -5.33. The average Bonchev–Trinajstić information content (AvgIpc) is 3.06. The zero-order valence-electron chi connectivity index (χ0n) is 13.5. The SMILES string of the molecule is O=c1[nH]c(=O)c2ncn([C@H]3O[C@@H](COP(=O)(O)OP(=O)(O)O)C(O)C3O)c2[nH]1. The second kappa shape index (κ2) is 7.27. The van der Waals surface area contributed by atoms with Gasteiger partial charge in [-0.1, -0.05) is 0 Å². The molecule has 0 aromatic carbocycles. The fraction of sp³-hybridized carbons (Fsp3) is 0.500. The number of fused-ring (bicyclic) bond motifs is 1. The van der Waals surface area contributed by atoms with Crippen molar-refractivity contribution >= 4 is 26.8 Å². The van der Waals surface area contributed by atoms with E-state index in [0.717, 1.165) is 10.9 Å². The van der Waals surface area contributed by atoms with Crippen LogP contribution in [0.4, 0.5) is 0 Å². The van der Waals surface area contributed by atoms with Crippen LogP contribution in [0.25, 0.3) is 11.2 Å². The fourth-order valence-electron chi connectivity index (χ4n) is 2.57. The molecule has 7 N–H and O–H groups in total. The number of nitrogens with zero attached hydrogens (tertiary/aromatic N) is 2. The molecule has 2 aromatic heterocycles. The molecule has 3 unspecified atom stereocenters. The largest absolute Gasteiger partial charge is 0.481 e. The second-order valence-electron chi connectivity index (χ2n) is 5.64. The van der Waals surface area contributed by atoms with Crippen molar-refractivity contribution in [1.29, 1.82) is 0 Å². The third-order valence-corrected chi connectivity index (χ3v) is 5.84. The lowest BCUT2D eigenvalue weighted by molar-refractivity contribution is -0.0503. The predicted molar refractivity (Wildman–Crippen MR) is 85.8 cm³/mol. The zero-order chi connectivity index (χ0) is 20.9. The summed E-state index contributed by atoms with van der Waals surface area (Å²) in [5, 5.41) is 20.2. The van der Waals surface area contributed by atoms with E-state index >= 15 is 0 Å². The summed E-state index contributed by atoms with van der Waals surface area (Å²) >= 11 is 0. The maximum atomic E-state index is 11.7. The van der Waals surface area contributed by atoms with Gasteiger partial charge in [-0.25, -0.2) is 18.9 Å². The first-order chi connectivity index (χ1) is 12.9. The molecule has 1 saturated heterocycles. The third kappa shape index (κ3) is 4.31. The minimum absolute atomic E-state index is 0.121. The van der Waals surface area contributed by atoms with Gasteiger partial charge in [-0.2, -0.15) is 4.31 Å². The van der Waals surface area contributed by atoms with Crippen LogP contribution in [0.5, 0.6) is 0 Å². The van der Waals surface area contributed by atoms with E-state index < -0.39 is 58.0 Å². The number of aromatic nitrogens is 4. The Labute approximate surface area is 153 Å². The number of imidazole rings is 1. The summed E-state index contributed by atoms with van der Waals surface area (Å²) in [6, 6.07) is 0. The molecule has 0 spiro atoms. The Bertz CT molecular complexity index is 1090. The molecule has 28 heavy (non-hydrogen) atoms. The Kier molecular flexibility index (Phi) is 5.46. The van der Waals surface area contributed by atoms with Crippen molar-refractivity contribution in [3.05, 3.63) is 27.2 Å². The normalized spacial score (nSPS) is 27.9. The van der Waals surface area contributed by atoms with Gasteiger partial charge in [0.1, 0.15) is 24.0 Å². The van der Waals surface area contributed by atoms with Crippen LogP contribution in [0.2, 0.25) is 0 Å². The molecule has 3 rings (SSSR count). The van der Waals surface area contributed by atoms with E-state index in [1.807, 2.05) is 4.98 Å². The number of ether oxygens (including phenoxy) is 1. The Morgan fingerprint density at radius 1 is 1.18 bits per heavy atom. The standard InChI is InChI=1S/C10H14N4O12P2/c15-5-3(1-24-28(22,23)26-27(19,20)21)25-9(6(5)16)14-2-11-4-7(14)12-10(18)13-8(4)17/h2-3,5-6,9,15-16H,1H2,(H,22,23)(H2,19,20,21)(H2,12,13,17,18)/t3-,5?,6?,9-/m0/s1. The van der Waals surface area contributed by atoms with Gasteiger partial charge in [0.05, 0.1) is 12.9 Å². The highest BCUT2D eigenvalue weighted by Crippen LogP contribution is 2.57. The smallest absolute Gasteiger partial charge is 0.387 e. The molecule has 1 aliphatic rings. The lowest BCUT2D eigenvalue weighted by Crippen LogP contribution is -2.33. The van der Waals surface area contributed by atoms with Gasteiger partial charge in [-0.15, -0.1) is 0 Å². The van der Waals surface area contributed by atoms with Crippen LogP contribution in [0.15, 0.2) is 15.9 Å². The first-order valence-electron chi connectivity index (χ1n) is 7.33. The highest BCUT2D eigenvalue weighted by Gasteiger charge is 2.46. The average molecular weight is 444 g/mol. The molecule has 1 aliphatic heterocycles. The molecule has 156 valence electrons. The highest BCUT2D eigenvalue weighted by molar-refractivity contribution is 7.60. The molecule has 0 amide bonds. The topological polar surface area (TPSA) is 247 Å². The van der Waals surface area contributed by atoms with E-state index in [2.05, 4.69) is 18.8 Å². The number of nitrogens with one attached hydrogen (secondary N) is 2. The second-order valence-corrected chi connectivity index (χ2v) is 8.47. The number of aliphatic hydroxyl groups is 2. The number of aromatic amines is 2. The van der Waals surface area contributed by atoms with Gasteiger partial charge < -0.3 is 29.6 Å². The number of phosphoric ester groups is 1. The minimum Gasteiger partial charge on any atom is -0.387 e. The van der Waals surface area contributed by atoms with Crippen molar-refractivity contribution in [2.45, 2.75) is 24.5 Å². The Morgan fingerprint density at radius 3 is 2.50 bits per heavy atom. The van der Waals surface area contributed by atoms with Crippen LogP contribution in [-0.2, 0) is 22.7 Å². The van der Waals surface area contributed by atoms with Gasteiger partial charge in [0.25, 0.3) is 5.56 Å². The predicted octanol–water partition coefficient (Wildman–Crippen LogP) is -2.74. The molecule has 16 nitrogen and oxygen atoms in total. The number of phosphoric acid groups is 2. The van der Waals surface area contributed by atoms with Crippen LogP contribution in [0.1, 0.15) is 6.23 Å². The first-order valence-corrected chi connectivity index (χ1v) is 10.4. The molecule has 0 radical (unpaired) electrons. The van der Waals surface area contributed by atoms with Gasteiger partial charge in [0, 0.05) is 0 Å². The molecule has 0 aliphatic carbocycles. The molecular weight excluding hydrogens is 430 g/mol. The molecule has 2 aromatic rings. The van der Waals surface area contributed by atoms with Gasteiger partial charge in [-0.05, 0) is 0 Å². The van der Waals surface area contributed by atoms with Crippen molar-refractivity contribution in [3.8, 4) is 0 Å². The van der Waals surface area contributed by atoms with Crippen molar-refractivity contribution in [3.63, 3.8) is 0 Å². The molecular formula is C10H14N4O12P2. The maximum absolute atomic E-state index is 11.7. The number of hydrogen-bond acceptors (Lipinski definition) is 10. The van der Waals surface area contributed by atoms with Crippen LogP contribution in [0, 0.1) is 0 Å². The Balaban J connectivity index is 1.80. The summed E-state index contributed by atoms with van der Waals surface area (Å²) in [6.45, 7) is -0.897. The van der Waals surface area contributed by atoms with Crippen LogP contribution in [0.3, 0.4) is 0 Å². The molecule has 1 fully saturated rings. The summed E-state index contributed by atoms with van der Waals surface area (Å²) in [6.07, 6.45) is -5.09. The fourth-order valence-corrected chi connectivity index (χ4v) is 4.17. The van der Waals surface area contributed by atoms with Crippen molar-refractivity contribution in [1.82, 2.24) is 19.5 Å². The molecule has 18 heteroatoms. The van der Waals surface area contributed by atoms with Crippen molar-refractivity contribution in [2.75, 3.05) is 6.61 Å². The summed E-state index contributed by atoms with van der Waals surface area (Å²) in [5.74, 6) is 0. The van der Waals surface area contributed by atoms with Gasteiger partial charge in [0.2, 0.25) is 0 Å². The van der Waals surface area contributed by atoms with Gasteiger partial charge >= 0.3 is 21.3 Å². The van der Waals surface area contributed by atoms with Crippen molar-refractivity contribution < 1.29 is 47.6 Å². The summed E-state index contributed by atoms with van der Waals surface area (Å²) in [7, 11) is -10.5. The van der Waals surface area contributed by atoms with E-state index in [0.29, 0.717) is 0 Å². The van der Waals surface area contributed by atoms with Gasteiger partial charge in [0.15, 0.2) is 11.7 Å². The summed E-state index contributed by atoms with van der Waals surface area (Å²) in [5.41, 5.74) is -1.96. The molecule has 5 atom stereocenters. The third-order valence-electron chi connectivity index (χ3n) is 3.69. The van der Waals surface area contributed by atoms with E-state index in [1.165, 1.54) is 0 Å². The van der Waals surface area contributed by atoms with Gasteiger partial charge in [-0.3, -0.25) is 23.9 Å². The van der Waals surface area contributed by atoms with E-state index in [4.69, 9.17) is 14.5 Å². The first kappa shape index (κ1) is 21.0. The van der Waals surface area contributed by atoms with E-state index in [-0.39, 0.29) is 11.2 Å². The number of H-pyrrole nitrogens is 2. The summed E-state index contributed by atoms with van der Waals surface area (Å²) < 4.78 is 36.4. The van der Waals surface area contributed by atoms with E-state index in [1.54, 1.807) is 0 Å². The molecule has 0 bridgehead atoms. The zero-order valence-corrected chi connectivity index (χ0v) is 15.3. The highest BCUT2D eigenvalue weighted by atomic mass is 31.3. The number of rotatable bonds is 6. The maximum Gasteiger partial charge on any atom is 0.481 e. The monoisotopic (exact) mass is 444 g/mol. The van der Waals surface area contributed by atoms with Crippen LogP contribution >= 0.6 is 15.6 Å². The van der Waals surface area contributed by atoms with Crippen LogP contribution in [-0.4, -0.2) is 69.3 Å². The van der Waals surface area contributed by atoms with Crippen molar-refractivity contribution in [2.24, 2.45) is 0 Å². The Hall–Kier alpha value is -1.71. The molecule has 3 heterocycles. The number of aliphatic hydroxyl groups excluding tert-OH is 2. The Morgan fingerprint density at radius 2 is 1.86 bits per heavy atom.